The van der Waals surface area contributed by atoms with E-state index in [-0.39, 0.29) is 12.5 Å². The fraction of sp³-hybridized carbons (Fsp3) is 0.263. The lowest BCUT2D eigenvalue weighted by Crippen LogP contribution is -2.30. The van der Waals surface area contributed by atoms with Gasteiger partial charge in [-0.25, -0.2) is 4.98 Å². The molecule has 0 saturated heterocycles. The number of oxazole rings is 1. The van der Waals surface area contributed by atoms with E-state index >= 15 is 0 Å². The Bertz CT molecular complexity index is 873. The number of rotatable bonds is 7. The third-order valence-corrected chi connectivity index (χ3v) is 3.72. The molecule has 3 aromatic rings. The number of methoxy groups -OCH3 is 1. The number of hydrogen-bond acceptors (Lipinski definition) is 5. The van der Waals surface area contributed by atoms with Crippen molar-refractivity contribution in [2.24, 2.45) is 0 Å². The van der Waals surface area contributed by atoms with Crippen molar-refractivity contribution in [1.29, 1.82) is 0 Å². The van der Waals surface area contributed by atoms with Gasteiger partial charge in [0, 0.05) is 13.5 Å². The number of aromatic nitrogens is 1. The quantitative estimate of drug-likeness (QED) is 0.716. The first-order valence-corrected chi connectivity index (χ1v) is 8.04. The van der Waals surface area contributed by atoms with Gasteiger partial charge in [-0.05, 0) is 36.2 Å². The largest absolute Gasteiger partial charge is 0.493 e. The molecule has 0 saturated carbocycles. The molecule has 0 aliphatic heterocycles. The molecule has 25 heavy (non-hydrogen) atoms. The predicted octanol–water partition coefficient (Wildman–Crippen LogP) is 2.88. The Kier molecular flexibility index (Phi) is 5.18. The molecule has 3 rings (SSSR count). The van der Waals surface area contributed by atoms with Gasteiger partial charge in [0.15, 0.2) is 29.6 Å². The number of ether oxygens (including phenoxy) is 2. The Morgan fingerprint density at radius 2 is 2.00 bits per heavy atom. The van der Waals surface area contributed by atoms with Gasteiger partial charge in [0.2, 0.25) is 0 Å². The van der Waals surface area contributed by atoms with Gasteiger partial charge in [-0.15, -0.1) is 0 Å². The molecule has 130 valence electrons. The van der Waals surface area contributed by atoms with Crippen molar-refractivity contribution in [1.82, 2.24) is 10.3 Å². The average molecular weight is 340 g/mol. The lowest BCUT2D eigenvalue weighted by molar-refractivity contribution is -0.123. The number of nitrogens with one attached hydrogen (secondary N) is 1. The number of amides is 1. The highest BCUT2D eigenvalue weighted by molar-refractivity contribution is 5.77. The third-order valence-electron chi connectivity index (χ3n) is 3.72. The summed E-state index contributed by atoms with van der Waals surface area (Å²) in [7, 11) is 1.56. The number of aryl methyl sites for hydroxylation is 1. The lowest BCUT2D eigenvalue weighted by Gasteiger charge is -2.10. The molecule has 2 aromatic carbocycles. The van der Waals surface area contributed by atoms with Crippen LogP contribution in [0.15, 0.2) is 46.9 Å². The maximum absolute atomic E-state index is 11.9. The van der Waals surface area contributed by atoms with Gasteiger partial charge in [-0.1, -0.05) is 18.2 Å². The van der Waals surface area contributed by atoms with Crippen LogP contribution in [0.4, 0.5) is 0 Å². The van der Waals surface area contributed by atoms with Gasteiger partial charge < -0.3 is 19.2 Å². The normalized spacial score (nSPS) is 10.6. The molecule has 0 bridgehead atoms. The molecule has 0 radical (unpaired) electrons. The van der Waals surface area contributed by atoms with Crippen molar-refractivity contribution in [3.05, 3.63) is 53.9 Å². The van der Waals surface area contributed by atoms with E-state index in [4.69, 9.17) is 13.9 Å². The zero-order valence-corrected chi connectivity index (χ0v) is 14.2. The highest BCUT2D eigenvalue weighted by Gasteiger charge is 2.07. The van der Waals surface area contributed by atoms with E-state index in [1.807, 2.05) is 37.3 Å². The SMILES string of the molecule is COc1ccccc1OCC(=O)NCCc1ccc2oc(C)nc2c1. The van der Waals surface area contributed by atoms with Crippen LogP contribution in [-0.2, 0) is 11.2 Å². The van der Waals surface area contributed by atoms with E-state index in [0.717, 1.165) is 16.7 Å². The highest BCUT2D eigenvalue weighted by atomic mass is 16.5. The van der Waals surface area contributed by atoms with Crippen LogP contribution >= 0.6 is 0 Å². The lowest BCUT2D eigenvalue weighted by atomic mass is 10.1. The summed E-state index contributed by atoms with van der Waals surface area (Å²) in [5.74, 6) is 1.62. The van der Waals surface area contributed by atoms with Crippen molar-refractivity contribution >= 4 is 17.0 Å². The van der Waals surface area contributed by atoms with E-state index in [1.165, 1.54) is 0 Å². The van der Waals surface area contributed by atoms with Gasteiger partial charge in [0.1, 0.15) is 5.52 Å². The Hall–Kier alpha value is -3.02. The topological polar surface area (TPSA) is 73.6 Å². The zero-order chi connectivity index (χ0) is 17.6. The zero-order valence-electron chi connectivity index (χ0n) is 14.2. The summed E-state index contributed by atoms with van der Waals surface area (Å²) in [6.07, 6.45) is 0.711. The molecule has 6 heteroatoms. The number of nitrogens with zero attached hydrogens (tertiary/aromatic N) is 1. The van der Waals surface area contributed by atoms with Crippen LogP contribution in [0.1, 0.15) is 11.5 Å². The molecule has 1 heterocycles. The van der Waals surface area contributed by atoms with E-state index in [0.29, 0.717) is 30.4 Å². The minimum atomic E-state index is -0.177. The Morgan fingerprint density at radius 3 is 2.80 bits per heavy atom. The van der Waals surface area contributed by atoms with Gasteiger partial charge in [0.05, 0.1) is 7.11 Å². The van der Waals surface area contributed by atoms with Gasteiger partial charge >= 0.3 is 0 Å². The Morgan fingerprint density at radius 1 is 1.20 bits per heavy atom. The van der Waals surface area contributed by atoms with Crippen LogP contribution < -0.4 is 14.8 Å². The van der Waals surface area contributed by atoms with Crippen molar-refractivity contribution in [3.8, 4) is 11.5 Å². The molecular formula is C19H20N2O4. The van der Waals surface area contributed by atoms with Gasteiger partial charge in [0.25, 0.3) is 5.91 Å². The maximum Gasteiger partial charge on any atom is 0.257 e. The molecular weight excluding hydrogens is 320 g/mol. The average Bonchev–Trinajstić information content (AvgIpc) is 2.99. The first kappa shape index (κ1) is 16.8. The summed E-state index contributed by atoms with van der Waals surface area (Å²) < 4.78 is 16.1. The Labute approximate surface area is 145 Å². The van der Waals surface area contributed by atoms with E-state index in [1.54, 1.807) is 19.2 Å². The molecule has 0 aliphatic carbocycles. The molecule has 6 nitrogen and oxygen atoms in total. The van der Waals surface area contributed by atoms with E-state index in [9.17, 15) is 4.79 Å². The molecule has 1 amide bonds. The summed E-state index contributed by atoms with van der Waals surface area (Å²) in [5.41, 5.74) is 2.70. The van der Waals surface area contributed by atoms with Crippen molar-refractivity contribution in [3.63, 3.8) is 0 Å². The van der Waals surface area contributed by atoms with Crippen molar-refractivity contribution < 1.29 is 18.7 Å². The van der Waals surface area contributed by atoms with Crippen LogP contribution in [0.5, 0.6) is 11.5 Å². The van der Waals surface area contributed by atoms with Crippen LogP contribution in [0, 0.1) is 6.92 Å². The first-order chi connectivity index (χ1) is 12.2. The Balaban J connectivity index is 1.47. The monoisotopic (exact) mass is 340 g/mol. The number of para-hydroxylation sites is 2. The maximum atomic E-state index is 11.9. The smallest absolute Gasteiger partial charge is 0.257 e. The van der Waals surface area contributed by atoms with E-state index < -0.39 is 0 Å². The van der Waals surface area contributed by atoms with Crippen molar-refractivity contribution in [2.75, 3.05) is 20.3 Å². The minimum absolute atomic E-state index is 0.0537. The summed E-state index contributed by atoms with van der Waals surface area (Å²) in [4.78, 5) is 16.2. The minimum Gasteiger partial charge on any atom is -0.493 e. The molecule has 0 atom stereocenters. The van der Waals surface area contributed by atoms with Crippen molar-refractivity contribution in [2.45, 2.75) is 13.3 Å². The second kappa shape index (κ2) is 7.70. The van der Waals surface area contributed by atoms with E-state index in [2.05, 4.69) is 10.3 Å². The first-order valence-electron chi connectivity index (χ1n) is 8.04. The number of carbonyl (C=O) groups excluding carboxylic acids is 1. The second-order valence-corrected chi connectivity index (χ2v) is 5.57. The molecule has 0 fully saturated rings. The molecule has 0 aliphatic rings. The van der Waals surface area contributed by atoms with Gasteiger partial charge in [-0.3, -0.25) is 4.79 Å². The number of benzene rings is 2. The second-order valence-electron chi connectivity index (χ2n) is 5.57. The van der Waals surface area contributed by atoms with Crippen LogP contribution in [-0.4, -0.2) is 31.2 Å². The molecule has 0 spiro atoms. The molecule has 0 unspecified atom stereocenters. The number of hydrogen-bond donors (Lipinski definition) is 1. The van der Waals surface area contributed by atoms with Crippen LogP contribution in [0.2, 0.25) is 0 Å². The number of carbonyl (C=O) groups is 1. The van der Waals surface area contributed by atoms with Crippen LogP contribution in [0.25, 0.3) is 11.1 Å². The standard InChI is InChI=1S/C19H20N2O4/c1-13-21-15-11-14(7-8-16(15)25-13)9-10-20-19(22)12-24-18-6-4-3-5-17(18)23-2/h3-8,11H,9-10,12H2,1-2H3,(H,20,22). The van der Waals surface area contributed by atoms with Gasteiger partial charge in [-0.2, -0.15) is 0 Å². The number of fused-ring (bicyclic) bond motifs is 1. The highest BCUT2D eigenvalue weighted by Crippen LogP contribution is 2.25. The summed E-state index contributed by atoms with van der Waals surface area (Å²) >= 11 is 0. The predicted molar refractivity (Wildman–Crippen MR) is 93.9 cm³/mol. The third kappa shape index (κ3) is 4.29. The summed E-state index contributed by atoms with van der Waals surface area (Å²) in [6, 6.07) is 13.1. The fourth-order valence-corrected chi connectivity index (χ4v) is 2.52. The summed E-state index contributed by atoms with van der Waals surface area (Å²) in [6.45, 7) is 2.29. The molecule has 1 N–H and O–H groups in total. The van der Waals surface area contributed by atoms with Crippen LogP contribution in [0.3, 0.4) is 0 Å². The fourth-order valence-electron chi connectivity index (χ4n) is 2.52. The molecule has 1 aromatic heterocycles. The summed E-state index contributed by atoms with van der Waals surface area (Å²) in [5, 5.41) is 2.84.